The molecule has 4 rings (SSSR count). The van der Waals surface area contributed by atoms with Gasteiger partial charge in [-0.05, 0) is 104 Å². The molecule has 0 aromatic rings. The summed E-state index contributed by atoms with van der Waals surface area (Å²) >= 11 is 0. The van der Waals surface area contributed by atoms with E-state index in [4.69, 9.17) is 15.6 Å². The van der Waals surface area contributed by atoms with Crippen LogP contribution in [0.15, 0.2) is 0 Å². The molecule has 4 fully saturated rings. The minimum absolute atomic E-state index is 0.163. The molecule has 7 heteroatoms. The van der Waals surface area contributed by atoms with E-state index in [1.807, 2.05) is 0 Å². The lowest BCUT2D eigenvalue weighted by Crippen LogP contribution is -2.54. The zero-order valence-electron chi connectivity index (χ0n) is 21.0. The summed E-state index contributed by atoms with van der Waals surface area (Å²) in [5, 5.41) is 18.2. The molecule has 4 N–H and O–H groups in total. The summed E-state index contributed by atoms with van der Waals surface area (Å²) in [6.07, 6.45) is 9.58. The van der Waals surface area contributed by atoms with E-state index in [0.717, 1.165) is 32.1 Å². The van der Waals surface area contributed by atoms with E-state index in [9.17, 15) is 19.5 Å². The summed E-state index contributed by atoms with van der Waals surface area (Å²) in [7, 11) is 0. The number of rotatable bonds is 7. The van der Waals surface area contributed by atoms with Crippen LogP contribution in [0, 0.1) is 46.3 Å². The topological polar surface area (TPSA) is 127 Å². The molecule has 5 unspecified atom stereocenters. The van der Waals surface area contributed by atoms with E-state index in [2.05, 4.69) is 20.8 Å². The smallest absolute Gasteiger partial charge is 0.323 e. The first kappa shape index (κ1) is 25.5. The molecule has 10 atom stereocenters. The maximum atomic E-state index is 12.3. The maximum Gasteiger partial charge on any atom is 0.323 e. The van der Waals surface area contributed by atoms with Gasteiger partial charge in [-0.3, -0.25) is 14.4 Å². The van der Waals surface area contributed by atoms with Crippen LogP contribution < -0.4 is 5.73 Å². The molecule has 0 heterocycles. The number of ether oxygens (including phenoxy) is 1. The Kier molecular flexibility index (Phi) is 7.07. The van der Waals surface area contributed by atoms with Gasteiger partial charge in [0.15, 0.2) is 0 Å². The number of carboxylic acid groups (broad SMARTS) is 2. The molecule has 192 valence electrons. The molecule has 34 heavy (non-hydrogen) atoms. The highest BCUT2D eigenvalue weighted by molar-refractivity contribution is 5.81. The van der Waals surface area contributed by atoms with Crippen molar-refractivity contribution in [3.63, 3.8) is 0 Å². The van der Waals surface area contributed by atoms with Gasteiger partial charge in [0.1, 0.15) is 12.1 Å². The van der Waals surface area contributed by atoms with E-state index in [1.165, 1.54) is 25.7 Å². The van der Waals surface area contributed by atoms with Crippen LogP contribution in [-0.2, 0) is 19.1 Å². The van der Waals surface area contributed by atoms with Crippen LogP contribution in [-0.4, -0.2) is 40.3 Å². The highest BCUT2D eigenvalue weighted by Gasteiger charge is 2.60. The lowest BCUT2D eigenvalue weighted by atomic mass is 9.44. The lowest BCUT2D eigenvalue weighted by molar-refractivity contribution is -0.165. The van der Waals surface area contributed by atoms with Gasteiger partial charge in [0.05, 0.1) is 6.42 Å². The molecule has 0 aromatic heterocycles. The van der Waals surface area contributed by atoms with Crippen molar-refractivity contribution in [3.8, 4) is 0 Å². The van der Waals surface area contributed by atoms with Crippen molar-refractivity contribution in [2.75, 3.05) is 0 Å². The Morgan fingerprint density at radius 3 is 2.24 bits per heavy atom. The number of aliphatic carboxylic acids is 2. The van der Waals surface area contributed by atoms with Gasteiger partial charge >= 0.3 is 17.9 Å². The van der Waals surface area contributed by atoms with E-state index in [1.54, 1.807) is 0 Å². The maximum absolute atomic E-state index is 12.3. The standard InChI is InChI=1S/C27H43NO6/c1-15(12-23(29)30)19-6-7-20-18-5-4-16-13-17(34-25(33)22(28)14-24(31)32)8-10-26(16,2)21(18)9-11-27(19,20)3/h15-22H,4-14,28H2,1-3H3,(H,29,30)(H,31,32)/t15-,16?,17-,18?,19?,20?,21?,22+,26+,27-/m1/s1. The first-order chi connectivity index (χ1) is 16.0. The van der Waals surface area contributed by atoms with Gasteiger partial charge in [-0.25, -0.2) is 0 Å². The molecule has 0 aliphatic heterocycles. The third-order valence-corrected chi connectivity index (χ3v) is 10.9. The Morgan fingerprint density at radius 2 is 1.56 bits per heavy atom. The molecule has 0 radical (unpaired) electrons. The molecule has 4 aliphatic carbocycles. The second kappa shape index (κ2) is 9.44. The minimum atomic E-state index is -1.10. The number of carbonyl (C=O) groups is 3. The Bertz CT molecular complexity index is 815. The van der Waals surface area contributed by atoms with E-state index in [0.29, 0.717) is 29.6 Å². The molecule has 0 amide bonds. The van der Waals surface area contributed by atoms with Crippen LogP contribution in [0.4, 0.5) is 0 Å². The van der Waals surface area contributed by atoms with Crippen LogP contribution in [0.5, 0.6) is 0 Å². The van der Waals surface area contributed by atoms with Crippen molar-refractivity contribution in [2.24, 2.45) is 52.1 Å². The summed E-state index contributed by atoms with van der Waals surface area (Å²) in [5.41, 5.74) is 6.22. The van der Waals surface area contributed by atoms with Gasteiger partial charge in [-0.1, -0.05) is 20.8 Å². The fraction of sp³-hybridized carbons (Fsp3) is 0.889. The number of esters is 1. The van der Waals surface area contributed by atoms with Crippen molar-refractivity contribution in [1.82, 2.24) is 0 Å². The first-order valence-electron chi connectivity index (χ1n) is 13.4. The van der Waals surface area contributed by atoms with Gasteiger partial charge in [0, 0.05) is 6.42 Å². The number of nitrogens with two attached hydrogens (primary N) is 1. The second-order valence-electron chi connectivity index (χ2n) is 12.5. The van der Waals surface area contributed by atoms with Crippen molar-refractivity contribution >= 4 is 17.9 Å². The Hall–Kier alpha value is -1.63. The van der Waals surface area contributed by atoms with E-state index in [-0.39, 0.29) is 29.3 Å². The third-order valence-electron chi connectivity index (χ3n) is 10.9. The number of carbonyl (C=O) groups excluding carboxylic acids is 1. The van der Waals surface area contributed by atoms with Crippen molar-refractivity contribution < 1.29 is 29.3 Å². The quantitative estimate of drug-likeness (QED) is 0.462. The Labute approximate surface area is 203 Å². The first-order valence-corrected chi connectivity index (χ1v) is 13.4. The fourth-order valence-corrected chi connectivity index (χ4v) is 9.24. The molecule has 0 spiro atoms. The van der Waals surface area contributed by atoms with Crippen LogP contribution in [0.1, 0.15) is 91.4 Å². The van der Waals surface area contributed by atoms with Crippen molar-refractivity contribution in [3.05, 3.63) is 0 Å². The molecule has 0 aromatic carbocycles. The monoisotopic (exact) mass is 477 g/mol. The molecular formula is C27H43NO6. The highest BCUT2D eigenvalue weighted by atomic mass is 16.5. The molecule has 4 saturated carbocycles. The highest BCUT2D eigenvalue weighted by Crippen LogP contribution is 2.68. The number of fused-ring (bicyclic) bond motifs is 5. The summed E-state index contributed by atoms with van der Waals surface area (Å²) in [6, 6.07) is -1.10. The third kappa shape index (κ3) is 4.49. The lowest BCUT2D eigenvalue weighted by Gasteiger charge is -2.61. The van der Waals surface area contributed by atoms with Gasteiger partial charge in [-0.2, -0.15) is 0 Å². The second-order valence-corrected chi connectivity index (χ2v) is 12.5. The summed E-state index contributed by atoms with van der Waals surface area (Å²) in [5.74, 6) is 0.981. The van der Waals surface area contributed by atoms with Gasteiger partial charge in [0.2, 0.25) is 0 Å². The number of hydrogen-bond donors (Lipinski definition) is 3. The Morgan fingerprint density at radius 1 is 0.912 bits per heavy atom. The van der Waals surface area contributed by atoms with Crippen LogP contribution in [0.25, 0.3) is 0 Å². The molecule has 7 nitrogen and oxygen atoms in total. The Balaban J connectivity index is 1.41. The molecule has 4 aliphatic rings. The average molecular weight is 478 g/mol. The SMILES string of the molecule is C[C@H](CC(=O)O)C1CCC2C3CCC4C[C@H](OC(=O)[C@@H](N)CC(=O)O)CC[C@]4(C)C3CC[C@@]21C. The van der Waals surface area contributed by atoms with Gasteiger partial charge < -0.3 is 20.7 Å². The van der Waals surface area contributed by atoms with Crippen LogP contribution in [0.3, 0.4) is 0 Å². The zero-order chi connectivity index (χ0) is 24.8. The summed E-state index contributed by atoms with van der Waals surface area (Å²) in [6.45, 7) is 7.06. The van der Waals surface area contributed by atoms with E-state index >= 15 is 0 Å². The normalized spacial score (nSPS) is 43.1. The predicted octanol–water partition coefficient (Wildman–Crippen LogP) is 4.47. The van der Waals surface area contributed by atoms with Crippen LogP contribution >= 0.6 is 0 Å². The molecule has 0 bridgehead atoms. The average Bonchev–Trinajstić information content (AvgIpc) is 3.10. The summed E-state index contributed by atoms with van der Waals surface area (Å²) < 4.78 is 5.67. The predicted molar refractivity (Wildman–Crippen MR) is 127 cm³/mol. The van der Waals surface area contributed by atoms with E-state index < -0.39 is 30.4 Å². The fourth-order valence-electron chi connectivity index (χ4n) is 9.24. The summed E-state index contributed by atoms with van der Waals surface area (Å²) in [4.78, 5) is 34.5. The largest absolute Gasteiger partial charge is 0.481 e. The van der Waals surface area contributed by atoms with Crippen LogP contribution in [0.2, 0.25) is 0 Å². The number of carboxylic acids is 2. The van der Waals surface area contributed by atoms with Gasteiger partial charge in [-0.15, -0.1) is 0 Å². The zero-order valence-corrected chi connectivity index (χ0v) is 21.0. The minimum Gasteiger partial charge on any atom is -0.481 e. The van der Waals surface area contributed by atoms with Crippen molar-refractivity contribution in [1.29, 1.82) is 0 Å². The van der Waals surface area contributed by atoms with Gasteiger partial charge in [0.25, 0.3) is 0 Å². The molecule has 0 saturated heterocycles. The number of hydrogen-bond acceptors (Lipinski definition) is 5. The molecular weight excluding hydrogens is 434 g/mol. The van der Waals surface area contributed by atoms with Crippen molar-refractivity contribution in [2.45, 2.75) is 104 Å².